The van der Waals surface area contributed by atoms with Crippen molar-refractivity contribution in [3.63, 3.8) is 0 Å². The molecule has 6 heteroatoms. The van der Waals surface area contributed by atoms with E-state index in [1.807, 2.05) is 13.8 Å². The van der Waals surface area contributed by atoms with Crippen molar-refractivity contribution >= 4 is 0 Å². The number of hydrogen-bond acceptors (Lipinski definition) is 6. The van der Waals surface area contributed by atoms with Gasteiger partial charge in [-0.3, -0.25) is 0 Å². The molecule has 0 aromatic rings. The van der Waals surface area contributed by atoms with Gasteiger partial charge in [-0.15, -0.1) is 0 Å². The van der Waals surface area contributed by atoms with Crippen LogP contribution in [0, 0.1) is 0 Å². The van der Waals surface area contributed by atoms with Crippen molar-refractivity contribution in [3.8, 4) is 0 Å². The Bertz CT molecular complexity index is 250. The third kappa shape index (κ3) is 11.0. The highest BCUT2D eigenvalue weighted by Gasteiger charge is 2.31. The lowest BCUT2D eigenvalue weighted by Crippen LogP contribution is -2.41. The number of ether oxygens (including phenoxy) is 6. The first-order chi connectivity index (χ1) is 10.9. The summed E-state index contributed by atoms with van der Waals surface area (Å²) in [6.07, 6.45) is 3.99. The first-order valence-electron chi connectivity index (χ1n) is 8.79. The molecule has 2 unspecified atom stereocenters. The molecule has 0 fully saturated rings. The molecule has 0 aliphatic carbocycles. The zero-order valence-corrected chi connectivity index (χ0v) is 15.8. The molecule has 0 aromatic heterocycles. The smallest absolute Gasteiger partial charge is 0.281 e. The molecular formula is C17H36O6. The second-order valence-corrected chi connectivity index (χ2v) is 5.40. The summed E-state index contributed by atoms with van der Waals surface area (Å²) < 4.78 is 33.7. The van der Waals surface area contributed by atoms with Gasteiger partial charge in [0.05, 0.1) is 13.2 Å². The number of rotatable bonds is 16. The molecule has 0 heterocycles. The summed E-state index contributed by atoms with van der Waals surface area (Å²) in [6.45, 7) is 13.5. The van der Waals surface area contributed by atoms with Crippen molar-refractivity contribution < 1.29 is 28.4 Å². The quantitative estimate of drug-likeness (QED) is 0.313. The molecule has 0 spiro atoms. The average Bonchev–Trinajstić information content (AvgIpc) is 2.48. The van der Waals surface area contributed by atoms with Gasteiger partial charge < -0.3 is 28.4 Å². The summed E-state index contributed by atoms with van der Waals surface area (Å²) in [5.41, 5.74) is 0. The second kappa shape index (κ2) is 13.1. The molecule has 2 atom stereocenters. The third-order valence-electron chi connectivity index (χ3n) is 3.18. The third-order valence-corrected chi connectivity index (χ3v) is 3.18. The van der Waals surface area contributed by atoms with E-state index in [0.717, 1.165) is 25.7 Å². The highest BCUT2D eigenvalue weighted by atomic mass is 16.9. The normalized spacial score (nSPS) is 17.0. The van der Waals surface area contributed by atoms with Crippen LogP contribution in [0.25, 0.3) is 0 Å². The predicted octanol–water partition coefficient (Wildman–Crippen LogP) is 4.03. The summed E-state index contributed by atoms with van der Waals surface area (Å²) in [5, 5.41) is 0. The fourth-order valence-electron chi connectivity index (χ4n) is 1.82. The molecule has 0 saturated carbocycles. The van der Waals surface area contributed by atoms with E-state index in [0.29, 0.717) is 26.4 Å². The van der Waals surface area contributed by atoms with Crippen LogP contribution in [0.1, 0.15) is 67.2 Å². The van der Waals surface area contributed by atoms with Gasteiger partial charge in [0.2, 0.25) is 0 Å². The Balaban J connectivity index is 4.37. The standard InChI is InChI=1S/C17H36O6/c1-7-11-13-20-16(5,18-9-3)22-15-23-17(6,19-10-4)21-14-12-8-2/h7-15H2,1-6H3. The number of unbranched alkanes of at least 4 members (excludes halogenated alkanes) is 2. The topological polar surface area (TPSA) is 55.4 Å². The molecule has 0 aliphatic rings. The van der Waals surface area contributed by atoms with Gasteiger partial charge in [-0.2, -0.15) is 0 Å². The predicted molar refractivity (Wildman–Crippen MR) is 88.8 cm³/mol. The van der Waals surface area contributed by atoms with E-state index in [4.69, 9.17) is 28.4 Å². The highest BCUT2D eigenvalue weighted by Crippen LogP contribution is 2.20. The first-order valence-corrected chi connectivity index (χ1v) is 8.79. The van der Waals surface area contributed by atoms with Gasteiger partial charge in [-0.1, -0.05) is 26.7 Å². The van der Waals surface area contributed by atoms with Crippen LogP contribution in [0.3, 0.4) is 0 Å². The van der Waals surface area contributed by atoms with Crippen LogP contribution in [0.5, 0.6) is 0 Å². The van der Waals surface area contributed by atoms with Crippen molar-refractivity contribution in [2.75, 3.05) is 33.2 Å². The lowest BCUT2D eigenvalue weighted by Gasteiger charge is -2.33. The van der Waals surface area contributed by atoms with E-state index in [2.05, 4.69) is 13.8 Å². The van der Waals surface area contributed by atoms with Crippen LogP contribution < -0.4 is 0 Å². The van der Waals surface area contributed by atoms with Gasteiger partial charge in [-0.05, 0) is 26.7 Å². The molecule has 6 nitrogen and oxygen atoms in total. The van der Waals surface area contributed by atoms with Gasteiger partial charge in [0.25, 0.3) is 11.9 Å². The molecule has 0 aliphatic heterocycles. The van der Waals surface area contributed by atoms with Gasteiger partial charge in [0.1, 0.15) is 0 Å². The molecule has 0 amide bonds. The number of hydrogen-bond donors (Lipinski definition) is 0. The Morgan fingerprint density at radius 3 is 1.26 bits per heavy atom. The van der Waals surface area contributed by atoms with E-state index in [1.165, 1.54) is 0 Å². The Morgan fingerprint density at radius 1 is 0.565 bits per heavy atom. The largest absolute Gasteiger partial charge is 0.328 e. The summed E-state index contributed by atoms with van der Waals surface area (Å²) in [5.74, 6) is -2.25. The summed E-state index contributed by atoms with van der Waals surface area (Å²) in [6, 6.07) is 0. The van der Waals surface area contributed by atoms with Crippen LogP contribution in [0.4, 0.5) is 0 Å². The van der Waals surface area contributed by atoms with Crippen LogP contribution in [-0.2, 0) is 28.4 Å². The van der Waals surface area contributed by atoms with Gasteiger partial charge in [0.15, 0.2) is 6.79 Å². The van der Waals surface area contributed by atoms with Crippen molar-refractivity contribution in [1.29, 1.82) is 0 Å². The van der Waals surface area contributed by atoms with E-state index >= 15 is 0 Å². The molecule has 0 radical (unpaired) electrons. The Hall–Kier alpha value is -0.240. The van der Waals surface area contributed by atoms with E-state index in [1.54, 1.807) is 13.8 Å². The van der Waals surface area contributed by atoms with E-state index < -0.39 is 11.9 Å². The van der Waals surface area contributed by atoms with Crippen molar-refractivity contribution in [1.82, 2.24) is 0 Å². The maximum Gasteiger partial charge on any atom is 0.281 e. The fourth-order valence-corrected chi connectivity index (χ4v) is 1.82. The Labute approximate surface area is 141 Å². The molecule has 0 rings (SSSR count). The first kappa shape index (κ1) is 22.8. The Morgan fingerprint density at radius 2 is 0.957 bits per heavy atom. The zero-order chi connectivity index (χ0) is 17.6. The van der Waals surface area contributed by atoms with Gasteiger partial charge in [0, 0.05) is 27.1 Å². The summed E-state index contributed by atoms with van der Waals surface area (Å²) in [4.78, 5) is 0. The second-order valence-electron chi connectivity index (χ2n) is 5.40. The lowest BCUT2D eigenvalue weighted by atomic mass is 10.4. The van der Waals surface area contributed by atoms with Crippen LogP contribution in [0.15, 0.2) is 0 Å². The van der Waals surface area contributed by atoms with Gasteiger partial charge in [-0.25, -0.2) is 0 Å². The van der Waals surface area contributed by atoms with Crippen molar-refractivity contribution in [2.45, 2.75) is 79.2 Å². The lowest BCUT2D eigenvalue weighted by molar-refractivity contribution is -0.435. The fraction of sp³-hybridized carbons (Fsp3) is 1.00. The highest BCUT2D eigenvalue weighted by molar-refractivity contribution is 4.50. The SMILES string of the molecule is CCCCOC(C)(OCC)OCOC(C)(OCC)OCCCC. The molecule has 140 valence electrons. The molecule has 23 heavy (non-hydrogen) atoms. The van der Waals surface area contributed by atoms with Crippen LogP contribution in [0.2, 0.25) is 0 Å². The molecule has 0 bridgehead atoms. The minimum atomic E-state index is -1.12. The maximum atomic E-state index is 5.68. The minimum Gasteiger partial charge on any atom is -0.328 e. The molecule has 0 aromatic carbocycles. The van der Waals surface area contributed by atoms with Crippen LogP contribution in [-0.4, -0.2) is 45.2 Å². The van der Waals surface area contributed by atoms with Gasteiger partial charge >= 0.3 is 0 Å². The molecule has 0 N–H and O–H groups in total. The zero-order valence-electron chi connectivity index (χ0n) is 15.8. The van der Waals surface area contributed by atoms with E-state index in [9.17, 15) is 0 Å². The summed E-state index contributed by atoms with van der Waals surface area (Å²) in [7, 11) is 0. The van der Waals surface area contributed by atoms with Crippen molar-refractivity contribution in [2.24, 2.45) is 0 Å². The molecule has 0 saturated heterocycles. The van der Waals surface area contributed by atoms with E-state index in [-0.39, 0.29) is 6.79 Å². The van der Waals surface area contributed by atoms with Crippen LogP contribution >= 0.6 is 0 Å². The van der Waals surface area contributed by atoms with Crippen molar-refractivity contribution in [3.05, 3.63) is 0 Å². The average molecular weight is 336 g/mol. The maximum absolute atomic E-state index is 5.68. The minimum absolute atomic E-state index is 0.0503. The summed E-state index contributed by atoms with van der Waals surface area (Å²) >= 11 is 0. The Kier molecular flexibility index (Phi) is 13.0. The molecular weight excluding hydrogens is 300 g/mol. The monoisotopic (exact) mass is 336 g/mol.